The van der Waals surface area contributed by atoms with Crippen molar-refractivity contribution in [3.8, 4) is 5.75 Å². The molecule has 11 nitrogen and oxygen atoms in total. The average Bonchev–Trinajstić information content (AvgIpc) is 3.84. The maximum absolute atomic E-state index is 16.7. The zero-order valence-corrected chi connectivity index (χ0v) is 33.9. The highest BCUT2D eigenvalue weighted by Crippen LogP contribution is 2.61. The maximum Gasteiger partial charge on any atom is 0.264 e. The van der Waals surface area contributed by atoms with Gasteiger partial charge in [-0.3, -0.25) is 19.3 Å². The predicted molar refractivity (Wildman–Crippen MR) is 215 cm³/mol. The van der Waals surface area contributed by atoms with Crippen LogP contribution >= 0.6 is 0 Å². The number of amides is 3. The Balaban J connectivity index is 1.33. The van der Waals surface area contributed by atoms with Crippen LogP contribution in [0.5, 0.6) is 5.75 Å². The van der Waals surface area contributed by atoms with E-state index in [0.29, 0.717) is 73.8 Å². The Bertz CT molecular complexity index is 1930. The number of hydrogen-bond acceptors (Lipinski definition) is 8. The Labute approximate surface area is 329 Å². The molecule has 1 unspecified atom stereocenters. The fourth-order valence-corrected chi connectivity index (χ4v) is 12.2. The van der Waals surface area contributed by atoms with Crippen LogP contribution in [0.4, 0.5) is 21.2 Å². The number of nitrogens with one attached hydrogen (secondary N) is 1. The number of fused-ring (bicyclic) bond motifs is 3. The molecule has 0 aromatic heterocycles. The van der Waals surface area contributed by atoms with E-state index >= 15 is 8.90 Å². The number of benzene rings is 3. The van der Waals surface area contributed by atoms with Crippen LogP contribution in [0.15, 0.2) is 66.7 Å². The molecule has 0 saturated carbocycles. The largest absolute Gasteiger partial charge is 0.494 e. The highest BCUT2D eigenvalue weighted by molar-refractivity contribution is 6.72. The van der Waals surface area contributed by atoms with E-state index in [-0.39, 0.29) is 49.9 Å². The van der Waals surface area contributed by atoms with Crippen molar-refractivity contribution in [2.75, 3.05) is 42.7 Å². The van der Waals surface area contributed by atoms with Crippen LogP contribution in [0, 0.1) is 5.92 Å². The van der Waals surface area contributed by atoms with Gasteiger partial charge in [0, 0.05) is 35.9 Å². The standard InChI is InChI=1S/C43H55FN4O7Si/c1-5-54-33-16-18-36-30(22-33)23-35(45-19-9-10-21-49)41(52)48(36)31-15-17-37-34(24-31)43(42(53)47(37)26-29-12-7-6-8-13-29)28(2)40(56(3,4)44)38(55-43)25-39(51)46-20-11-14-32(46)27-50/h6-8,12-13,15-18,22,24,28,32,35,38,40,45,49-50H,5,9-11,14,19-21,23,25-27H2,1-4H3/t28-,32+,35?,38+,40-,43+/m1/s1. The summed E-state index contributed by atoms with van der Waals surface area (Å²) in [4.78, 5) is 48.6. The molecule has 3 amide bonds. The minimum Gasteiger partial charge on any atom is -0.494 e. The third kappa shape index (κ3) is 7.28. The van der Waals surface area contributed by atoms with E-state index in [1.54, 1.807) is 27.8 Å². The average molecular weight is 787 g/mol. The van der Waals surface area contributed by atoms with E-state index < -0.39 is 37.6 Å². The Hall–Kier alpha value is -4.14. The molecule has 3 aromatic rings. The Kier molecular flexibility index (Phi) is 11.7. The van der Waals surface area contributed by atoms with Crippen LogP contribution in [0.2, 0.25) is 18.6 Å². The Morgan fingerprint density at radius 3 is 2.54 bits per heavy atom. The summed E-state index contributed by atoms with van der Waals surface area (Å²) in [7, 11) is -3.58. The summed E-state index contributed by atoms with van der Waals surface area (Å²) >= 11 is 0. The monoisotopic (exact) mass is 786 g/mol. The topological polar surface area (TPSA) is 132 Å². The highest BCUT2D eigenvalue weighted by Gasteiger charge is 2.67. The lowest BCUT2D eigenvalue weighted by Crippen LogP contribution is -2.49. The van der Waals surface area contributed by atoms with E-state index in [2.05, 4.69) is 5.32 Å². The number of aliphatic hydroxyl groups excluding tert-OH is 2. The zero-order chi connectivity index (χ0) is 39.8. The molecule has 300 valence electrons. The minimum absolute atomic E-state index is 0.0731. The molecule has 4 aliphatic rings. The molecule has 2 fully saturated rings. The summed E-state index contributed by atoms with van der Waals surface area (Å²) in [6.45, 7) is 8.78. The smallest absolute Gasteiger partial charge is 0.264 e. The van der Waals surface area contributed by atoms with Gasteiger partial charge in [-0.15, -0.1) is 0 Å². The number of nitrogens with zero attached hydrogens (tertiary/aromatic N) is 3. The summed E-state index contributed by atoms with van der Waals surface area (Å²) in [6.07, 6.45) is 2.29. The molecule has 3 aromatic carbocycles. The van der Waals surface area contributed by atoms with E-state index in [0.717, 1.165) is 17.5 Å². The molecule has 3 N–H and O–H groups in total. The molecule has 56 heavy (non-hydrogen) atoms. The number of carbonyl (C=O) groups excluding carboxylic acids is 3. The molecule has 13 heteroatoms. The number of anilines is 3. The molecule has 2 saturated heterocycles. The minimum atomic E-state index is -3.58. The first-order valence-electron chi connectivity index (χ1n) is 20.1. The molecule has 0 radical (unpaired) electrons. The van der Waals surface area contributed by atoms with E-state index in [9.17, 15) is 19.8 Å². The third-order valence-electron chi connectivity index (χ3n) is 12.2. The summed E-state index contributed by atoms with van der Waals surface area (Å²) in [5.41, 5.74) is 1.94. The van der Waals surface area contributed by atoms with Gasteiger partial charge in [-0.05, 0) is 106 Å². The van der Waals surface area contributed by atoms with Gasteiger partial charge in [0.25, 0.3) is 5.91 Å². The zero-order valence-electron chi connectivity index (χ0n) is 32.9. The molecular formula is C43H55FN4O7Si. The Morgan fingerprint density at radius 2 is 1.82 bits per heavy atom. The summed E-state index contributed by atoms with van der Waals surface area (Å²) in [6, 6.07) is 20.1. The van der Waals surface area contributed by atoms with Crippen molar-refractivity contribution in [2.24, 2.45) is 5.92 Å². The van der Waals surface area contributed by atoms with E-state index in [4.69, 9.17) is 9.47 Å². The van der Waals surface area contributed by atoms with Crippen LogP contribution in [-0.2, 0) is 37.7 Å². The van der Waals surface area contributed by atoms with Crippen LogP contribution < -0.4 is 19.9 Å². The first kappa shape index (κ1) is 40.1. The third-order valence-corrected chi connectivity index (χ3v) is 14.6. The highest BCUT2D eigenvalue weighted by atomic mass is 28.4. The predicted octanol–water partition coefficient (Wildman–Crippen LogP) is 5.73. The molecule has 0 bridgehead atoms. The summed E-state index contributed by atoms with van der Waals surface area (Å²) < 4.78 is 29.5. The second kappa shape index (κ2) is 16.4. The number of halogens is 1. The van der Waals surface area contributed by atoms with Gasteiger partial charge >= 0.3 is 0 Å². The molecule has 7 rings (SSSR count). The lowest BCUT2D eigenvalue weighted by molar-refractivity contribution is -0.150. The van der Waals surface area contributed by atoms with Crippen molar-refractivity contribution < 1.29 is 38.2 Å². The molecule has 1 spiro atoms. The second-order valence-electron chi connectivity index (χ2n) is 16.2. The lowest BCUT2D eigenvalue weighted by Gasteiger charge is -2.36. The number of ether oxygens (including phenoxy) is 2. The number of likely N-dealkylation sites (tertiary alicyclic amines) is 1. The number of rotatable bonds is 14. The maximum atomic E-state index is 16.7. The van der Waals surface area contributed by atoms with Gasteiger partial charge in [0.15, 0.2) is 5.60 Å². The SMILES string of the molecule is CCOc1ccc2c(c1)CC(NCCCCO)C(=O)N2c1ccc2c(c1)[C@]1(O[C@@H](CC(=O)N3CCC[C@H]3CO)[C@H]([Si](C)(C)F)[C@H]1C)C(=O)N2Cc1ccccc1. The van der Waals surface area contributed by atoms with Gasteiger partial charge in [-0.2, -0.15) is 0 Å². The van der Waals surface area contributed by atoms with Crippen molar-refractivity contribution in [1.29, 1.82) is 0 Å². The number of hydrogen-bond donors (Lipinski definition) is 3. The molecule has 6 atom stereocenters. The first-order chi connectivity index (χ1) is 26.9. The van der Waals surface area contributed by atoms with Crippen LogP contribution in [-0.4, -0.2) is 92.3 Å². The second-order valence-corrected chi connectivity index (χ2v) is 20.0. The number of carbonyl (C=O) groups is 3. The van der Waals surface area contributed by atoms with Gasteiger partial charge in [0.1, 0.15) is 5.75 Å². The van der Waals surface area contributed by atoms with Crippen molar-refractivity contribution in [2.45, 2.75) is 101 Å². The van der Waals surface area contributed by atoms with Crippen molar-refractivity contribution in [3.63, 3.8) is 0 Å². The normalized spacial score (nSPS) is 26.0. The van der Waals surface area contributed by atoms with Gasteiger partial charge in [0.05, 0.1) is 55.7 Å². The van der Waals surface area contributed by atoms with Crippen LogP contribution in [0.3, 0.4) is 0 Å². The van der Waals surface area contributed by atoms with Gasteiger partial charge in [-0.1, -0.05) is 37.3 Å². The van der Waals surface area contributed by atoms with Crippen LogP contribution in [0.25, 0.3) is 0 Å². The first-order valence-corrected chi connectivity index (χ1v) is 23.1. The van der Waals surface area contributed by atoms with Gasteiger partial charge in [-0.25, -0.2) is 0 Å². The fourth-order valence-electron chi connectivity index (χ4n) is 9.66. The van der Waals surface area contributed by atoms with Crippen molar-refractivity contribution >= 4 is 43.2 Å². The molecule has 4 aliphatic heterocycles. The number of unbranched alkanes of at least 4 members (excludes halogenated alkanes) is 1. The van der Waals surface area contributed by atoms with Crippen LogP contribution in [0.1, 0.15) is 62.6 Å². The van der Waals surface area contributed by atoms with E-state index in [1.165, 1.54) is 0 Å². The number of aliphatic hydroxyl groups is 2. The Morgan fingerprint density at radius 1 is 1.05 bits per heavy atom. The van der Waals surface area contributed by atoms with Crippen molar-refractivity contribution in [1.82, 2.24) is 10.2 Å². The fraction of sp³-hybridized carbons (Fsp3) is 0.512. The van der Waals surface area contributed by atoms with E-state index in [1.807, 2.05) is 80.6 Å². The quantitative estimate of drug-likeness (QED) is 0.107. The molecular weight excluding hydrogens is 732 g/mol. The summed E-state index contributed by atoms with van der Waals surface area (Å²) in [5, 5.41) is 22.7. The molecule has 4 heterocycles. The van der Waals surface area contributed by atoms with Gasteiger partial charge < -0.3 is 38.9 Å². The van der Waals surface area contributed by atoms with Crippen molar-refractivity contribution in [3.05, 3.63) is 83.4 Å². The lowest BCUT2D eigenvalue weighted by atomic mass is 9.82. The molecule has 0 aliphatic carbocycles. The summed E-state index contributed by atoms with van der Waals surface area (Å²) in [5.74, 6) is -0.622. The van der Waals surface area contributed by atoms with Gasteiger partial charge in [0.2, 0.25) is 20.2 Å².